The first-order chi connectivity index (χ1) is 3.81. The second-order valence-electron chi connectivity index (χ2n) is 1.79. The van der Waals surface area contributed by atoms with E-state index in [-0.39, 0.29) is 0 Å². The van der Waals surface area contributed by atoms with Crippen molar-refractivity contribution >= 4 is 10.0 Å². The quantitative estimate of drug-likeness (QED) is 0.520. The monoisotopic (exact) mass is 134 g/mol. The maximum Gasteiger partial charge on any atom is 0.304 e. The zero-order valence-corrected chi connectivity index (χ0v) is 7.22. The van der Waals surface area contributed by atoms with Crippen LogP contribution in [0.3, 0.4) is 0 Å². The van der Waals surface area contributed by atoms with Crippen molar-refractivity contribution in [3.05, 3.63) is 0 Å². The average molecular weight is 134 g/mol. The third kappa shape index (κ3) is 4.30. The molecule has 0 spiro atoms. The zero-order chi connectivity index (χ0) is 6.41. The van der Waals surface area contributed by atoms with Crippen molar-refractivity contribution < 1.29 is 8.85 Å². The van der Waals surface area contributed by atoms with Crippen LogP contribution in [0.5, 0.6) is 0 Å². The Morgan fingerprint density at radius 2 is 2.25 bits per heavy atom. The van der Waals surface area contributed by atoms with Gasteiger partial charge in [0.2, 0.25) is 0 Å². The molecule has 0 aromatic carbocycles. The molecule has 0 saturated carbocycles. The molecule has 1 unspecified atom stereocenters. The van der Waals surface area contributed by atoms with Crippen LogP contribution in [0.2, 0.25) is 0 Å². The Hall–Kier alpha value is 0.137. The predicted molar refractivity (Wildman–Crippen MR) is 36.4 cm³/mol. The Bertz CT molecular complexity index is 49.7. The summed E-state index contributed by atoms with van der Waals surface area (Å²) < 4.78 is 10.1. The summed E-state index contributed by atoms with van der Waals surface area (Å²) in [6.45, 7) is 4.17. The molecule has 0 heterocycles. The fourth-order valence-electron chi connectivity index (χ4n) is 0.302. The van der Waals surface area contributed by atoms with Crippen molar-refractivity contribution in [1.29, 1.82) is 0 Å². The van der Waals surface area contributed by atoms with Gasteiger partial charge in [0.05, 0.1) is 0 Å². The summed E-state index contributed by atoms with van der Waals surface area (Å²) in [7, 11) is 1.05. The van der Waals surface area contributed by atoms with Crippen LogP contribution in [0.25, 0.3) is 0 Å². The molecule has 0 amide bonds. The SMILES string of the molecule is CCC(C)O[SiH2]OC. The molecule has 0 N–H and O–H groups in total. The van der Waals surface area contributed by atoms with Gasteiger partial charge in [0, 0.05) is 13.2 Å². The molecule has 0 aliphatic heterocycles. The van der Waals surface area contributed by atoms with E-state index in [1.54, 1.807) is 7.11 Å². The molecule has 0 aliphatic rings. The Morgan fingerprint density at radius 1 is 1.62 bits per heavy atom. The highest BCUT2D eigenvalue weighted by Crippen LogP contribution is 1.92. The molecule has 0 rings (SSSR count). The molecule has 3 heteroatoms. The van der Waals surface area contributed by atoms with E-state index in [2.05, 4.69) is 13.8 Å². The van der Waals surface area contributed by atoms with Crippen molar-refractivity contribution in [2.75, 3.05) is 7.11 Å². The number of hydrogen-bond acceptors (Lipinski definition) is 2. The average Bonchev–Trinajstić information content (AvgIpc) is 1.83. The minimum Gasteiger partial charge on any atom is -0.402 e. The van der Waals surface area contributed by atoms with Gasteiger partial charge in [-0.15, -0.1) is 0 Å². The van der Waals surface area contributed by atoms with E-state index in [1.165, 1.54) is 0 Å². The van der Waals surface area contributed by atoms with Gasteiger partial charge in [-0.1, -0.05) is 6.92 Å². The predicted octanol–water partition coefficient (Wildman–Crippen LogP) is 0.447. The second kappa shape index (κ2) is 5.28. The second-order valence-corrected chi connectivity index (χ2v) is 2.94. The molecule has 8 heavy (non-hydrogen) atoms. The molecular weight excluding hydrogens is 120 g/mol. The molecule has 0 fully saturated rings. The standard InChI is InChI=1S/C5H14O2Si/c1-4-5(2)7-8-6-3/h5H,4,8H2,1-3H3. The Kier molecular flexibility index (Phi) is 5.37. The van der Waals surface area contributed by atoms with Crippen molar-refractivity contribution in [2.45, 2.75) is 26.4 Å². The van der Waals surface area contributed by atoms with Gasteiger partial charge in [-0.05, 0) is 13.3 Å². The summed E-state index contributed by atoms with van der Waals surface area (Å²) >= 11 is 0. The van der Waals surface area contributed by atoms with Crippen LogP contribution in [-0.4, -0.2) is 23.2 Å². The third-order valence-corrected chi connectivity index (χ3v) is 1.99. The van der Waals surface area contributed by atoms with Gasteiger partial charge in [-0.3, -0.25) is 0 Å². The first-order valence-electron chi connectivity index (χ1n) is 2.91. The normalized spacial score (nSPS) is 15.4. The van der Waals surface area contributed by atoms with Crippen LogP contribution in [-0.2, 0) is 8.85 Å². The minimum atomic E-state index is -0.637. The number of rotatable bonds is 4. The molecule has 0 saturated heterocycles. The Labute approximate surface area is 53.2 Å². The number of hydrogen-bond donors (Lipinski definition) is 0. The smallest absolute Gasteiger partial charge is 0.304 e. The van der Waals surface area contributed by atoms with Gasteiger partial charge in [0.1, 0.15) is 0 Å². The molecule has 2 nitrogen and oxygen atoms in total. The zero-order valence-electron chi connectivity index (χ0n) is 5.81. The first-order valence-corrected chi connectivity index (χ1v) is 4.07. The molecule has 0 aromatic heterocycles. The lowest BCUT2D eigenvalue weighted by Crippen LogP contribution is -2.11. The topological polar surface area (TPSA) is 18.5 Å². The molecule has 50 valence electrons. The summed E-state index contributed by atoms with van der Waals surface area (Å²) in [6, 6.07) is 0. The molecule has 0 bridgehead atoms. The van der Waals surface area contributed by atoms with E-state index in [0.717, 1.165) is 6.42 Å². The van der Waals surface area contributed by atoms with Crippen molar-refractivity contribution in [3.8, 4) is 0 Å². The molecule has 0 aliphatic carbocycles. The summed E-state index contributed by atoms with van der Waals surface area (Å²) in [5.74, 6) is 0. The minimum absolute atomic E-state index is 0.390. The van der Waals surface area contributed by atoms with Crippen molar-refractivity contribution in [1.82, 2.24) is 0 Å². The van der Waals surface area contributed by atoms with E-state index < -0.39 is 10.0 Å². The van der Waals surface area contributed by atoms with Crippen molar-refractivity contribution in [2.24, 2.45) is 0 Å². The first kappa shape index (κ1) is 8.14. The van der Waals surface area contributed by atoms with E-state index >= 15 is 0 Å². The van der Waals surface area contributed by atoms with Crippen LogP contribution in [0, 0.1) is 0 Å². The maximum absolute atomic E-state index is 5.26. The van der Waals surface area contributed by atoms with Gasteiger partial charge >= 0.3 is 10.0 Å². The largest absolute Gasteiger partial charge is 0.402 e. The lowest BCUT2D eigenvalue weighted by atomic mass is 10.3. The highest BCUT2D eigenvalue weighted by atomic mass is 28.3. The fourth-order valence-corrected chi connectivity index (χ4v) is 0.906. The lowest BCUT2D eigenvalue weighted by Gasteiger charge is -2.07. The van der Waals surface area contributed by atoms with E-state index in [4.69, 9.17) is 8.85 Å². The molecule has 1 atom stereocenters. The summed E-state index contributed by atoms with van der Waals surface area (Å²) in [6.07, 6.45) is 1.47. The molecular formula is C5H14O2Si. The van der Waals surface area contributed by atoms with E-state index in [1.807, 2.05) is 0 Å². The van der Waals surface area contributed by atoms with Crippen LogP contribution in [0.1, 0.15) is 20.3 Å². The van der Waals surface area contributed by atoms with Gasteiger partial charge < -0.3 is 8.85 Å². The van der Waals surface area contributed by atoms with Crippen molar-refractivity contribution in [3.63, 3.8) is 0 Å². The highest BCUT2D eigenvalue weighted by Gasteiger charge is 1.94. The Balaban J connectivity index is 2.86. The van der Waals surface area contributed by atoms with Crippen LogP contribution in [0.15, 0.2) is 0 Å². The summed E-state index contributed by atoms with van der Waals surface area (Å²) in [4.78, 5) is 0. The summed E-state index contributed by atoms with van der Waals surface area (Å²) in [5.41, 5.74) is 0. The van der Waals surface area contributed by atoms with Gasteiger partial charge in [-0.2, -0.15) is 0 Å². The third-order valence-electron chi connectivity index (χ3n) is 1.05. The van der Waals surface area contributed by atoms with Gasteiger partial charge in [-0.25, -0.2) is 0 Å². The van der Waals surface area contributed by atoms with Crippen LogP contribution >= 0.6 is 0 Å². The van der Waals surface area contributed by atoms with E-state index in [9.17, 15) is 0 Å². The molecule has 0 aromatic rings. The van der Waals surface area contributed by atoms with E-state index in [0.29, 0.717) is 6.10 Å². The Morgan fingerprint density at radius 3 is 2.62 bits per heavy atom. The fraction of sp³-hybridized carbons (Fsp3) is 1.00. The van der Waals surface area contributed by atoms with Crippen LogP contribution < -0.4 is 0 Å². The van der Waals surface area contributed by atoms with Gasteiger partial charge in [0.15, 0.2) is 0 Å². The van der Waals surface area contributed by atoms with Crippen LogP contribution in [0.4, 0.5) is 0 Å². The van der Waals surface area contributed by atoms with Gasteiger partial charge in [0.25, 0.3) is 0 Å². The highest BCUT2D eigenvalue weighted by molar-refractivity contribution is 6.17. The summed E-state index contributed by atoms with van der Waals surface area (Å²) in [5, 5.41) is 0. The lowest BCUT2D eigenvalue weighted by molar-refractivity contribution is 0.182. The molecule has 0 radical (unpaired) electrons. The maximum atomic E-state index is 5.26.